The van der Waals surface area contributed by atoms with Crippen molar-refractivity contribution in [2.45, 2.75) is 24.8 Å². The number of aromatic nitrogens is 1. The Morgan fingerprint density at radius 2 is 2.00 bits per heavy atom. The zero-order valence-electron chi connectivity index (χ0n) is 12.9. The number of aryl methyl sites for hydroxylation is 2. The summed E-state index contributed by atoms with van der Waals surface area (Å²) >= 11 is 3.37. The lowest BCUT2D eigenvalue weighted by Gasteiger charge is -2.37. The maximum absolute atomic E-state index is 12.7. The quantitative estimate of drug-likeness (QED) is 0.796. The number of rotatable bonds is 4. The lowest BCUT2D eigenvalue weighted by Crippen LogP contribution is -2.56. The number of hydrogen-bond acceptors (Lipinski definition) is 4. The molecule has 122 valence electrons. The highest BCUT2D eigenvalue weighted by Gasteiger charge is 2.39. The van der Waals surface area contributed by atoms with E-state index in [4.69, 9.17) is 4.74 Å². The highest BCUT2D eigenvalue weighted by Crippen LogP contribution is 2.28. The van der Waals surface area contributed by atoms with Gasteiger partial charge in [0.15, 0.2) is 0 Å². The Balaban J connectivity index is 1.71. The summed E-state index contributed by atoms with van der Waals surface area (Å²) in [5.41, 5.74) is 1.69. The van der Waals surface area contributed by atoms with Crippen LogP contribution in [-0.2, 0) is 10.0 Å². The summed E-state index contributed by atoms with van der Waals surface area (Å²) in [5.74, 6) is 0.487. The van der Waals surface area contributed by atoms with Crippen LogP contribution in [-0.4, -0.2) is 36.9 Å². The van der Waals surface area contributed by atoms with Gasteiger partial charge in [0, 0.05) is 6.20 Å². The van der Waals surface area contributed by atoms with Crippen molar-refractivity contribution in [1.82, 2.24) is 9.29 Å². The molecule has 1 aromatic carbocycles. The van der Waals surface area contributed by atoms with Gasteiger partial charge in [-0.25, -0.2) is 13.4 Å². The van der Waals surface area contributed by atoms with Crippen LogP contribution in [0.1, 0.15) is 11.1 Å². The Labute approximate surface area is 144 Å². The maximum Gasteiger partial charge on any atom is 0.243 e. The van der Waals surface area contributed by atoms with Crippen molar-refractivity contribution in [3.8, 4) is 5.88 Å². The molecule has 1 aliphatic rings. The fourth-order valence-electron chi connectivity index (χ4n) is 2.41. The van der Waals surface area contributed by atoms with Crippen molar-refractivity contribution in [3.63, 3.8) is 0 Å². The summed E-state index contributed by atoms with van der Waals surface area (Å²) in [6.45, 7) is 4.36. The summed E-state index contributed by atoms with van der Waals surface area (Å²) in [7, 11) is -3.47. The van der Waals surface area contributed by atoms with Crippen LogP contribution in [0.25, 0.3) is 0 Å². The molecule has 0 bridgehead atoms. The second-order valence-corrected chi connectivity index (χ2v) is 8.38. The van der Waals surface area contributed by atoms with E-state index in [9.17, 15) is 8.42 Å². The van der Waals surface area contributed by atoms with Crippen LogP contribution in [0.3, 0.4) is 0 Å². The van der Waals surface area contributed by atoms with Crippen LogP contribution < -0.4 is 4.74 Å². The molecule has 7 heteroatoms. The minimum atomic E-state index is -3.47. The van der Waals surface area contributed by atoms with Gasteiger partial charge in [-0.1, -0.05) is 12.1 Å². The third-order valence-electron chi connectivity index (χ3n) is 3.78. The smallest absolute Gasteiger partial charge is 0.243 e. The van der Waals surface area contributed by atoms with Crippen LogP contribution in [0.4, 0.5) is 0 Å². The van der Waals surface area contributed by atoms with Gasteiger partial charge in [-0.3, -0.25) is 0 Å². The lowest BCUT2D eigenvalue weighted by molar-refractivity contribution is 0.0713. The summed E-state index contributed by atoms with van der Waals surface area (Å²) in [5, 5.41) is 0. The molecule has 0 aliphatic carbocycles. The van der Waals surface area contributed by atoms with Crippen molar-refractivity contribution >= 4 is 26.0 Å². The van der Waals surface area contributed by atoms with E-state index in [2.05, 4.69) is 20.9 Å². The molecule has 2 aromatic rings. The first-order chi connectivity index (χ1) is 10.9. The van der Waals surface area contributed by atoms with Crippen molar-refractivity contribution in [3.05, 3.63) is 52.1 Å². The monoisotopic (exact) mass is 396 g/mol. The van der Waals surface area contributed by atoms with Gasteiger partial charge in [-0.15, -0.1) is 0 Å². The first-order valence-electron chi connectivity index (χ1n) is 7.22. The fourth-order valence-corrected chi connectivity index (χ4v) is 4.57. The Bertz CT molecular complexity index is 833. The topological polar surface area (TPSA) is 59.5 Å². The number of sulfonamides is 1. The molecule has 0 saturated carbocycles. The molecule has 0 atom stereocenters. The van der Waals surface area contributed by atoms with E-state index in [1.54, 1.807) is 18.3 Å². The van der Waals surface area contributed by atoms with Crippen molar-refractivity contribution < 1.29 is 13.2 Å². The highest BCUT2D eigenvalue weighted by molar-refractivity contribution is 9.10. The highest BCUT2D eigenvalue weighted by atomic mass is 79.9. The van der Waals surface area contributed by atoms with Crippen LogP contribution in [0.5, 0.6) is 5.88 Å². The van der Waals surface area contributed by atoms with E-state index in [1.807, 2.05) is 32.0 Å². The van der Waals surface area contributed by atoms with Gasteiger partial charge in [0.1, 0.15) is 6.10 Å². The predicted octanol–water partition coefficient (Wildman–Crippen LogP) is 2.91. The molecule has 0 N–H and O–H groups in total. The van der Waals surface area contributed by atoms with Crippen LogP contribution in [0.15, 0.2) is 45.9 Å². The second-order valence-electron chi connectivity index (χ2n) is 5.62. The zero-order valence-corrected chi connectivity index (χ0v) is 15.3. The number of ether oxygens (including phenoxy) is 1. The van der Waals surface area contributed by atoms with E-state index in [0.717, 1.165) is 15.6 Å². The second kappa shape index (κ2) is 6.22. The zero-order chi connectivity index (χ0) is 16.6. The van der Waals surface area contributed by atoms with E-state index in [1.165, 1.54) is 4.31 Å². The Kier molecular flexibility index (Phi) is 4.44. The van der Waals surface area contributed by atoms with Gasteiger partial charge < -0.3 is 4.74 Å². The van der Waals surface area contributed by atoms with Gasteiger partial charge in [0.2, 0.25) is 15.9 Å². The van der Waals surface area contributed by atoms with Gasteiger partial charge in [-0.2, -0.15) is 4.31 Å². The molecule has 0 amide bonds. The number of benzene rings is 1. The molecule has 0 unspecified atom stereocenters. The van der Waals surface area contributed by atoms with Crippen LogP contribution >= 0.6 is 15.9 Å². The standard InChI is InChI=1S/C16H17BrN2O3S/c1-11-5-6-12(2)15(8-11)23(20,21)19-9-13(10-19)22-16-14(17)4-3-7-18-16/h3-8,13H,9-10H2,1-2H3. The number of hydrogen-bond donors (Lipinski definition) is 0. The molecule has 1 aliphatic heterocycles. The predicted molar refractivity (Wildman–Crippen MR) is 91.0 cm³/mol. The van der Waals surface area contributed by atoms with Crippen LogP contribution in [0, 0.1) is 13.8 Å². The average Bonchev–Trinajstić information content (AvgIpc) is 2.46. The Hall–Kier alpha value is -1.44. The average molecular weight is 397 g/mol. The molecule has 0 spiro atoms. The molecular formula is C16H17BrN2O3S. The summed E-state index contributed by atoms with van der Waals surface area (Å²) in [4.78, 5) is 4.50. The molecule has 2 heterocycles. The van der Waals surface area contributed by atoms with E-state index in [0.29, 0.717) is 23.9 Å². The fraction of sp³-hybridized carbons (Fsp3) is 0.312. The van der Waals surface area contributed by atoms with Gasteiger partial charge >= 0.3 is 0 Å². The third-order valence-corrected chi connectivity index (χ3v) is 6.36. The number of nitrogens with zero attached hydrogens (tertiary/aromatic N) is 2. The summed E-state index contributed by atoms with van der Waals surface area (Å²) < 4.78 is 33.3. The van der Waals surface area contributed by atoms with E-state index >= 15 is 0 Å². The molecule has 23 heavy (non-hydrogen) atoms. The molecule has 1 fully saturated rings. The van der Waals surface area contributed by atoms with Gasteiger partial charge in [-0.05, 0) is 59.1 Å². The Morgan fingerprint density at radius 3 is 2.70 bits per heavy atom. The summed E-state index contributed by atoms with van der Waals surface area (Å²) in [6.07, 6.45) is 1.46. The number of halogens is 1. The van der Waals surface area contributed by atoms with E-state index < -0.39 is 10.0 Å². The molecular weight excluding hydrogens is 380 g/mol. The van der Waals surface area contributed by atoms with Crippen molar-refractivity contribution in [2.24, 2.45) is 0 Å². The Morgan fingerprint density at radius 1 is 1.26 bits per heavy atom. The molecule has 5 nitrogen and oxygen atoms in total. The van der Waals surface area contributed by atoms with Crippen molar-refractivity contribution in [2.75, 3.05) is 13.1 Å². The molecule has 1 aromatic heterocycles. The SMILES string of the molecule is Cc1ccc(C)c(S(=O)(=O)N2CC(Oc3ncccc3Br)C2)c1. The minimum absolute atomic E-state index is 0.180. The minimum Gasteiger partial charge on any atom is -0.471 e. The number of pyridine rings is 1. The van der Waals surface area contributed by atoms with E-state index in [-0.39, 0.29) is 6.10 Å². The molecule has 1 saturated heterocycles. The summed E-state index contributed by atoms with van der Waals surface area (Å²) in [6, 6.07) is 9.10. The normalized spacial score (nSPS) is 16.1. The largest absolute Gasteiger partial charge is 0.471 e. The lowest BCUT2D eigenvalue weighted by atomic mass is 10.2. The van der Waals surface area contributed by atoms with Crippen LogP contribution in [0.2, 0.25) is 0 Å². The first-order valence-corrected chi connectivity index (χ1v) is 9.46. The molecule has 3 rings (SSSR count). The van der Waals surface area contributed by atoms with Gasteiger partial charge in [0.25, 0.3) is 0 Å². The first kappa shape index (κ1) is 16.4. The van der Waals surface area contributed by atoms with Gasteiger partial charge in [0.05, 0.1) is 22.5 Å². The third kappa shape index (κ3) is 3.27. The van der Waals surface area contributed by atoms with Crippen molar-refractivity contribution in [1.29, 1.82) is 0 Å². The maximum atomic E-state index is 12.7. The molecule has 0 radical (unpaired) electrons.